The van der Waals surface area contributed by atoms with E-state index in [1.807, 2.05) is 25.1 Å². The highest BCUT2D eigenvalue weighted by Crippen LogP contribution is 2.34. The lowest BCUT2D eigenvalue weighted by Gasteiger charge is -2.33. The Labute approximate surface area is 108 Å². The van der Waals surface area contributed by atoms with Crippen molar-refractivity contribution in [3.8, 4) is 5.75 Å². The third kappa shape index (κ3) is 2.64. The average molecular weight is 248 g/mol. The van der Waals surface area contributed by atoms with Gasteiger partial charge in [0, 0.05) is 6.92 Å². The fourth-order valence-corrected chi connectivity index (χ4v) is 2.24. The van der Waals surface area contributed by atoms with Crippen molar-refractivity contribution in [3.05, 3.63) is 23.8 Å². The number of carbonyl (C=O) groups excluding carboxylic acids is 1. The molecule has 1 aliphatic heterocycles. The first-order chi connectivity index (χ1) is 8.61. The number of fused-ring (bicyclic) bond motifs is 1. The fourth-order valence-electron chi connectivity index (χ4n) is 2.24. The summed E-state index contributed by atoms with van der Waals surface area (Å²) in [7, 11) is 0. The highest BCUT2D eigenvalue weighted by atomic mass is 16.5. The smallest absolute Gasteiger partial charge is 0.224 e. The molecule has 1 unspecified atom stereocenters. The average Bonchev–Trinajstić information content (AvgIpc) is 2.35. The van der Waals surface area contributed by atoms with Gasteiger partial charge in [0.25, 0.3) is 0 Å². The number of aryl methyl sites for hydroxylation is 1. The van der Waals surface area contributed by atoms with Crippen LogP contribution in [0.2, 0.25) is 0 Å². The van der Waals surface area contributed by atoms with Crippen LogP contribution in [0.4, 0.5) is 5.69 Å². The molecule has 0 radical (unpaired) electrons. The van der Waals surface area contributed by atoms with Crippen LogP contribution in [-0.4, -0.2) is 25.1 Å². The number of anilines is 1. The maximum absolute atomic E-state index is 11.7. The Balaban J connectivity index is 2.30. The maximum atomic E-state index is 11.7. The van der Waals surface area contributed by atoms with E-state index in [0.717, 1.165) is 24.3 Å². The van der Waals surface area contributed by atoms with Gasteiger partial charge in [-0.25, -0.2) is 0 Å². The minimum Gasteiger partial charge on any atom is -0.487 e. The summed E-state index contributed by atoms with van der Waals surface area (Å²) in [5.41, 5.74) is 7.60. The van der Waals surface area contributed by atoms with Gasteiger partial charge in [-0.05, 0) is 44.0 Å². The highest BCUT2D eigenvalue weighted by molar-refractivity contribution is 5.93. The second-order valence-electron chi connectivity index (χ2n) is 4.75. The summed E-state index contributed by atoms with van der Waals surface area (Å²) in [5, 5.41) is 0. The van der Waals surface area contributed by atoms with Gasteiger partial charge < -0.3 is 15.4 Å². The Bertz CT molecular complexity index is 445. The third-order valence-corrected chi connectivity index (χ3v) is 3.13. The summed E-state index contributed by atoms with van der Waals surface area (Å²) in [5.74, 6) is 0.850. The quantitative estimate of drug-likeness (QED) is 0.886. The second kappa shape index (κ2) is 5.40. The molecular formula is C14H20N2O2. The highest BCUT2D eigenvalue weighted by Gasteiger charge is 2.25. The van der Waals surface area contributed by atoms with E-state index in [9.17, 15) is 4.79 Å². The van der Waals surface area contributed by atoms with E-state index in [1.165, 1.54) is 5.56 Å². The molecule has 2 N–H and O–H groups in total. The van der Waals surface area contributed by atoms with Gasteiger partial charge in [0.2, 0.25) is 5.91 Å². The summed E-state index contributed by atoms with van der Waals surface area (Å²) in [6.07, 6.45) is 1.93. The summed E-state index contributed by atoms with van der Waals surface area (Å²) in [6.45, 7) is 4.86. The van der Waals surface area contributed by atoms with Crippen molar-refractivity contribution in [2.75, 3.05) is 18.0 Å². The topological polar surface area (TPSA) is 55.6 Å². The van der Waals surface area contributed by atoms with E-state index in [-0.39, 0.29) is 12.0 Å². The Morgan fingerprint density at radius 2 is 2.33 bits per heavy atom. The number of hydrogen-bond acceptors (Lipinski definition) is 3. The summed E-state index contributed by atoms with van der Waals surface area (Å²) >= 11 is 0. The monoisotopic (exact) mass is 248 g/mol. The molecular weight excluding hydrogens is 228 g/mol. The Morgan fingerprint density at radius 3 is 3.00 bits per heavy atom. The molecule has 0 spiro atoms. The SMILES string of the molecule is CC(=O)N1CC(C)Oc2ccc(CCCN)cc21. The van der Waals surface area contributed by atoms with Crippen molar-refractivity contribution in [1.29, 1.82) is 0 Å². The molecule has 0 aromatic heterocycles. The zero-order valence-corrected chi connectivity index (χ0v) is 11.0. The van der Waals surface area contributed by atoms with Crippen LogP contribution in [0.5, 0.6) is 5.75 Å². The minimum absolute atomic E-state index is 0.0382. The van der Waals surface area contributed by atoms with Gasteiger partial charge in [0.05, 0.1) is 12.2 Å². The van der Waals surface area contributed by atoms with Gasteiger partial charge in [-0.2, -0.15) is 0 Å². The van der Waals surface area contributed by atoms with E-state index in [2.05, 4.69) is 0 Å². The van der Waals surface area contributed by atoms with Crippen LogP contribution in [0.3, 0.4) is 0 Å². The van der Waals surface area contributed by atoms with Crippen LogP contribution in [0.15, 0.2) is 18.2 Å². The predicted octanol–water partition coefficient (Wildman–Crippen LogP) is 1.71. The van der Waals surface area contributed by atoms with E-state index < -0.39 is 0 Å². The van der Waals surface area contributed by atoms with Crippen molar-refractivity contribution in [3.63, 3.8) is 0 Å². The zero-order valence-electron chi connectivity index (χ0n) is 11.0. The molecule has 0 saturated carbocycles. The Hall–Kier alpha value is -1.55. The van der Waals surface area contributed by atoms with Gasteiger partial charge in [-0.3, -0.25) is 4.79 Å². The minimum atomic E-state index is 0.0382. The molecule has 2 rings (SSSR count). The number of rotatable bonds is 3. The number of hydrogen-bond donors (Lipinski definition) is 1. The molecule has 18 heavy (non-hydrogen) atoms. The number of carbonyl (C=O) groups is 1. The fraction of sp³-hybridized carbons (Fsp3) is 0.500. The van der Waals surface area contributed by atoms with Gasteiger partial charge in [0.15, 0.2) is 0 Å². The molecule has 0 saturated heterocycles. The Morgan fingerprint density at radius 1 is 1.56 bits per heavy atom. The van der Waals surface area contributed by atoms with Gasteiger partial charge in [-0.15, -0.1) is 0 Å². The van der Waals surface area contributed by atoms with Crippen molar-refractivity contribution in [2.45, 2.75) is 32.8 Å². The molecule has 4 heteroatoms. The lowest BCUT2D eigenvalue weighted by atomic mass is 10.1. The molecule has 1 aromatic carbocycles. The zero-order chi connectivity index (χ0) is 13.1. The van der Waals surface area contributed by atoms with Crippen LogP contribution in [-0.2, 0) is 11.2 Å². The molecule has 4 nitrogen and oxygen atoms in total. The van der Waals surface area contributed by atoms with E-state index in [4.69, 9.17) is 10.5 Å². The number of nitrogens with zero attached hydrogens (tertiary/aromatic N) is 1. The summed E-state index contributed by atoms with van der Waals surface area (Å²) in [4.78, 5) is 13.5. The first-order valence-corrected chi connectivity index (χ1v) is 6.39. The van der Waals surface area contributed by atoms with E-state index >= 15 is 0 Å². The molecule has 1 heterocycles. The number of amides is 1. The lowest BCUT2D eigenvalue weighted by molar-refractivity contribution is -0.117. The van der Waals surface area contributed by atoms with E-state index in [1.54, 1.807) is 11.8 Å². The molecule has 0 aliphatic carbocycles. The standard InChI is InChI=1S/C14H20N2O2/c1-10-9-16(11(2)17)13-8-12(4-3-7-15)5-6-14(13)18-10/h5-6,8,10H,3-4,7,9,15H2,1-2H3. The van der Waals surface area contributed by atoms with Crippen LogP contribution >= 0.6 is 0 Å². The van der Waals surface area contributed by atoms with Crippen molar-refractivity contribution in [1.82, 2.24) is 0 Å². The van der Waals surface area contributed by atoms with Crippen LogP contribution in [0.25, 0.3) is 0 Å². The molecule has 0 bridgehead atoms. The third-order valence-electron chi connectivity index (χ3n) is 3.13. The van der Waals surface area contributed by atoms with Gasteiger partial charge >= 0.3 is 0 Å². The largest absolute Gasteiger partial charge is 0.487 e. The first kappa shape index (κ1) is 12.9. The van der Waals surface area contributed by atoms with E-state index in [0.29, 0.717) is 13.1 Å². The van der Waals surface area contributed by atoms with Crippen LogP contribution < -0.4 is 15.4 Å². The number of nitrogens with two attached hydrogens (primary N) is 1. The second-order valence-corrected chi connectivity index (χ2v) is 4.75. The molecule has 1 amide bonds. The van der Waals surface area contributed by atoms with Gasteiger partial charge in [-0.1, -0.05) is 6.07 Å². The number of benzene rings is 1. The molecule has 0 fully saturated rings. The summed E-state index contributed by atoms with van der Waals surface area (Å²) < 4.78 is 5.75. The molecule has 98 valence electrons. The first-order valence-electron chi connectivity index (χ1n) is 6.39. The Kier molecular flexibility index (Phi) is 3.87. The molecule has 1 aliphatic rings. The van der Waals surface area contributed by atoms with Crippen LogP contribution in [0, 0.1) is 0 Å². The van der Waals surface area contributed by atoms with Crippen molar-refractivity contribution < 1.29 is 9.53 Å². The predicted molar refractivity (Wildman–Crippen MR) is 71.9 cm³/mol. The lowest BCUT2D eigenvalue weighted by Crippen LogP contribution is -2.41. The number of ether oxygens (including phenoxy) is 1. The van der Waals surface area contributed by atoms with Crippen molar-refractivity contribution in [2.24, 2.45) is 5.73 Å². The summed E-state index contributed by atoms with van der Waals surface area (Å²) in [6, 6.07) is 6.04. The van der Waals surface area contributed by atoms with Gasteiger partial charge in [0.1, 0.15) is 11.9 Å². The molecule has 1 atom stereocenters. The maximum Gasteiger partial charge on any atom is 0.224 e. The van der Waals surface area contributed by atoms with Crippen molar-refractivity contribution >= 4 is 11.6 Å². The molecule has 1 aromatic rings. The van der Waals surface area contributed by atoms with Crippen LogP contribution in [0.1, 0.15) is 25.8 Å². The normalized spacial score (nSPS) is 18.2.